The molecular formula is C21H28N2O5S. The molecule has 8 heteroatoms. The predicted octanol–water partition coefficient (Wildman–Crippen LogP) is 2.32. The number of carbonyl (C=O) groups is 1. The van der Waals surface area contributed by atoms with E-state index in [2.05, 4.69) is 4.90 Å². The van der Waals surface area contributed by atoms with Crippen molar-refractivity contribution in [1.29, 1.82) is 0 Å². The number of allylic oxidation sites excluding steroid dienone is 2. The Morgan fingerprint density at radius 3 is 2.59 bits per heavy atom. The van der Waals surface area contributed by atoms with Crippen LogP contribution in [0.2, 0.25) is 0 Å². The van der Waals surface area contributed by atoms with Crippen molar-refractivity contribution in [2.24, 2.45) is 0 Å². The van der Waals surface area contributed by atoms with Gasteiger partial charge in [-0.05, 0) is 43.4 Å². The van der Waals surface area contributed by atoms with Gasteiger partial charge in [0.2, 0.25) is 12.7 Å². The minimum absolute atomic E-state index is 0.0623. The molecule has 0 atom stereocenters. The molecule has 2 aliphatic heterocycles. The number of rotatable bonds is 6. The summed E-state index contributed by atoms with van der Waals surface area (Å²) in [5.74, 6) is 1.43. The molecule has 2 heterocycles. The number of carbonyl (C=O) groups excluding carboxylic acids is 1. The van der Waals surface area contributed by atoms with Crippen molar-refractivity contribution in [3.8, 4) is 11.5 Å². The van der Waals surface area contributed by atoms with E-state index in [-0.39, 0.29) is 24.9 Å². The second-order valence-electron chi connectivity index (χ2n) is 7.83. The van der Waals surface area contributed by atoms with Gasteiger partial charge in [-0.3, -0.25) is 9.69 Å². The first-order chi connectivity index (χ1) is 14.0. The second-order valence-corrected chi connectivity index (χ2v) is 9.99. The summed E-state index contributed by atoms with van der Waals surface area (Å²) < 4.78 is 35.7. The van der Waals surface area contributed by atoms with Crippen molar-refractivity contribution in [3.63, 3.8) is 0 Å². The number of ether oxygens (including phenoxy) is 2. The lowest BCUT2D eigenvalue weighted by atomic mass is 10.1. The van der Waals surface area contributed by atoms with E-state index < -0.39 is 9.84 Å². The molecule has 29 heavy (non-hydrogen) atoms. The summed E-state index contributed by atoms with van der Waals surface area (Å²) in [6, 6.07) is 5.97. The molecule has 4 rings (SSSR count). The fourth-order valence-electron chi connectivity index (χ4n) is 4.05. The third kappa shape index (κ3) is 4.93. The molecule has 1 amide bonds. The summed E-state index contributed by atoms with van der Waals surface area (Å²) in [6.07, 6.45) is 5.32. The molecule has 1 aromatic rings. The topological polar surface area (TPSA) is 76.2 Å². The molecule has 0 N–H and O–H groups in total. The first-order valence-corrected chi connectivity index (χ1v) is 12.0. The van der Waals surface area contributed by atoms with Crippen LogP contribution in [0.1, 0.15) is 37.7 Å². The van der Waals surface area contributed by atoms with Gasteiger partial charge in [-0.15, -0.1) is 0 Å². The summed E-state index contributed by atoms with van der Waals surface area (Å²) in [7, 11) is -3.29. The van der Waals surface area contributed by atoms with Crippen LogP contribution in [0.3, 0.4) is 0 Å². The quantitative estimate of drug-likeness (QED) is 0.703. The largest absolute Gasteiger partial charge is 0.454 e. The zero-order valence-corrected chi connectivity index (χ0v) is 17.5. The summed E-state index contributed by atoms with van der Waals surface area (Å²) in [4.78, 5) is 17.1. The van der Waals surface area contributed by atoms with E-state index in [9.17, 15) is 13.2 Å². The van der Waals surface area contributed by atoms with Gasteiger partial charge < -0.3 is 14.4 Å². The van der Waals surface area contributed by atoms with E-state index >= 15 is 0 Å². The summed E-state index contributed by atoms with van der Waals surface area (Å²) in [5.41, 5.74) is 1.15. The van der Waals surface area contributed by atoms with Gasteiger partial charge in [0.1, 0.15) is 0 Å². The van der Waals surface area contributed by atoms with E-state index in [1.165, 1.54) is 0 Å². The van der Waals surface area contributed by atoms with E-state index in [1.54, 1.807) is 4.90 Å². The monoisotopic (exact) mass is 420 g/mol. The standard InChI is InChI=1S/C21H28N2O5S/c24-21(8-13-29(25,26)18-4-2-1-3-5-18)23-11-9-22(10-12-23)15-17-6-7-19-20(14-17)28-16-27-19/h4,6-7,14H,1-3,5,8-13,15-16H2. The molecular weight excluding hydrogens is 392 g/mol. The van der Waals surface area contributed by atoms with Gasteiger partial charge in [0, 0.05) is 44.0 Å². The third-order valence-electron chi connectivity index (χ3n) is 5.80. The highest BCUT2D eigenvalue weighted by molar-refractivity contribution is 7.95. The van der Waals surface area contributed by atoms with Crippen LogP contribution in [-0.2, 0) is 21.2 Å². The van der Waals surface area contributed by atoms with Crippen LogP contribution in [0.5, 0.6) is 11.5 Å². The number of piperazine rings is 1. The van der Waals surface area contributed by atoms with Gasteiger partial charge in [-0.1, -0.05) is 12.1 Å². The molecule has 7 nitrogen and oxygen atoms in total. The molecule has 1 aliphatic carbocycles. The van der Waals surface area contributed by atoms with Crippen molar-refractivity contribution in [2.75, 3.05) is 38.7 Å². The minimum Gasteiger partial charge on any atom is -0.454 e. The molecule has 0 unspecified atom stereocenters. The zero-order valence-electron chi connectivity index (χ0n) is 16.6. The van der Waals surface area contributed by atoms with Gasteiger partial charge >= 0.3 is 0 Å². The summed E-state index contributed by atoms with van der Waals surface area (Å²) >= 11 is 0. The van der Waals surface area contributed by atoms with E-state index in [1.807, 2.05) is 24.3 Å². The van der Waals surface area contributed by atoms with Crippen molar-refractivity contribution >= 4 is 15.7 Å². The third-order valence-corrected chi connectivity index (χ3v) is 7.71. The number of amides is 1. The van der Waals surface area contributed by atoms with E-state index in [0.717, 1.165) is 56.0 Å². The number of fused-ring (bicyclic) bond motifs is 1. The molecule has 0 spiro atoms. The van der Waals surface area contributed by atoms with Gasteiger partial charge in [0.25, 0.3) is 0 Å². The van der Waals surface area contributed by atoms with E-state index in [0.29, 0.717) is 24.4 Å². The summed E-state index contributed by atoms with van der Waals surface area (Å²) in [6.45, 7) is 3.88. The fourth-order valence-corrected chi connectivity index (χ4v) is 5.59. The Labute approximate surface area is 172 Å². The van der Waals surface area contributed by atoms with Crippen LogP contribution in [-0.4, -0.2) is 62.8 Å². The Morgan fingerprint density at radius 1 is 1.03 bits per heavy atom. The van der Waals surface area contributed by atoms with Crippen molar-refractivity contribution < 1.29 is 22.7 Å². The van der Waals surface area contributed by atoms with Gasteiger partial charge in [0.05, 0.1) is 5.75 Å². The number of sulfone groups is 1. The Hall–Kier alpha value is -2.06. The SMILES string of the molecule is O=C(CCS(=O)(=O)C1=CCCCC1)N1CCN(Cc2ccc3c(c2)OCO3)CC1. The van der Waals surface area contributed by atoms with Crippen LogP contribution in [0.25, 0.3) is 0 Å². The molecule has 1 aromatic carbocycles. The average molecular weight is 421 g/mol. The van der Waals surface area contributed by atoms with Crippen molar-refractivity contribution in [1.82, 2.24) is 9.80 Å². The Bertz CT molecular complexity index is 888. The molecule has 0 radical (unpaired) electrons. The second kappa shape index (κ2) is 8.75. The van der Waals surface area contributed by atoms with Crippen LogP contribution in [0, 0.1) is 0 Å². The Kier molecular flexibility index (Phi) is 6.10. The van der Waals surface area contributed by atoms with Crippen molar-refractivity contribution in [3.05, 3.63) is 34.7 Å². The normalized spacial score (nSPS) is 19.9. The van der Waals surface area contributed by atoms with Gasteiger partial charge in [-0.2, -0.15) is 0 Å². The molecule has 1 fully saturated rings. The molecule has 0 saturated carbocycles. The fraction of sp³-hybridized carbons (Fsp3) is 0.571. The highest BCUT2D eigenvalue weighted by Gasteiger charge is 2.25. The average Bonchev–Trinajstić information content (AvgIpc) is 3.21. The maximum Gasteiger partial charge on any atom is 0.231 e. The molecule has 1 saturated heterocycles. The first kappa shape index (κ1) is 20.2. The van der Waals surface area contributed by atoms with Gasteiger partial charge in [-0.25, -0.2) is 8.42 Å². The van der Waals surface area contributed by atoms with Crippen LogP contribution in [0.15, 0.2) is 29.2 Å². The number of hydrogen-bond acceptors (Lipinski definition) is 6. The number of hydrogen-bond donors (Lipinski definition) is 0. The minimum atomic E-state index is -3.29. The smallest absolute Gasteiger partial charge is 0.231 e. The highest BCUT2D eigenvalue weighted by atomic mass is 32.2. The Morgan fingerprint density at radius 2 is 1.83 bits per heavy atom. The lowest BCUT2D eigenvalue weighted by Crippen LogP contribution is -2.48. The van der Waals surface area contributed by atoms with Crippen LogP contribution < -0.4 is 9.47 Å². The van der Waals surface area contributed by atoms with Crippen molar-refractivity contribution in [2.45, 2.75) is 38.6 Å². The first-order valence-electron chi connectivity index (χ1n) is 10.3. The number of nitrogens with zero attached hydrogens (tertiary/aromatic N) is 2. The van der Waals surface area contributed by atoms with Crippen LogP contribution in [0.4, 0.5) is 0 Å². The predicted molar refractivity (Wildman–Crippen MR) is 109 cm³/mol. The molecule has 158 valence electrons. The van der Waals surface area contributed by atoms with E-state index in [4.69, 9.17) is 9.47 Å². The maximum absolute atomic E-state index is 12.5. The Balaban J connectivity index is 1.24. The molecule has 0 bridgehead atoms. The van der Waals surface area contributed by atoms with Crippen LogP contribution >= 0.6 is 0 Å². The lowest BCUT2D eigenvalue weighted by Gasteiger charge is -2.34. The molecule has 0 aromatic heterocycles. The molecule has 3 aliphatic rings. The lowest BCUT2D eigenvalue weighted by molar-refractivity contribution is -0.132. The number of benzene rings is 1. The zero-order chi connectivity index (χ0) is 20.3. The van der Waals surface area contributed by atoms with Gasteiger partial charge in [0.15, 0.2) is 21.3 Å². The highest BCUT2D eigenvalue weighted by Crippen LogP contribution is 2.32. The summed E-state index contributed by atoms with van der Waals surface area (Å²) in [5, 5.41) is 0. The maximum atomic E-state index is 12.5.